The fraction of sp³-hybridized carbons (Fsp3) is 1.00. The molecule has 4 nitrogen and oxygen atoms in total. The smallest absolute Gasteiger partial charge is 0.155 e. The van der Waals surface area contributed by atoms with Gasteiger partial charge in [-0.25, -0.2) is 0 Å². The van der Waals surface area contributed by atoms with Gasteiger partial charge in [0.1, 0.15) is 6.10 Å². The summed E-state index contributed by atoms with van der Waals surface area (Å²) >= 11 is 0. The molecular weight excluding hydrogens is 160 g/mol. The van der Waals surface area contributed by atoms with E-state index < -0.39 is 0 Å². The lowest BCUT2D eigenvalue weighted by Crippen LogP contribution is -2.19. The topological polar surface area (TPSA) is 36.9 Å². The van der Waals surface area contributed by atoms with Crippen LogP contribution in [0.1, 0.15) is 6.92 Å². The lowest BCUT2D eigenvalue weighted by Gasteiger charge is -2.08. The van der Waals surface area contributed by atoms with Crippen LogP contribution in [0.4, 0.5) is 0 Å². The van der Waals surface area contributed by atoms with Gasteiger partial charge in [-0.1, -0.05) is 0 Å². The van der Waals surface area contributed by atoms with Crippen molar-refractivity contribution in [2.75, 3.05) is 33.5 Å². The molecule has 1 fully saturated rings. The Morgan fingerprint density at radius 1 is 1.42 bits per heavy atom. The predicted molar refractivity (Wildman–Crippen MR) is 43.0 cm³/mol. The van der Waals surface area contributed by atoms with E-state index in [2.05, 4.69) is 0 Å². The molecule has 72 valence electrons. The highest BCUT2D eigenvalue weighted by atomic mass is 16.7. The van der Waals surface area contributed by atoms with Crippen molar-refractivity contribution in [1.82, 2.24) is 0 Å². The summed E-state index contributed by atoms with van der Waals surface area (Å²) in [6, 6.07) is 0. The van der Waals surface area contributed by atoms with Gasteiger partial charge in [0, 0.05) is 7.11 Å². The first-order valence-corrected chi connectivity index (χ1v) is 4.16. The first-order valence-electron chi connectivity index (χ1n) is 4.16. The van der Waals surface area contributed by atoms with E-state index >= 15 is 0 Å². The predicted octanol–water partition coefficient (Wildman–Crippen LogP) is 0.411. The number of methoxy groups -OCH3 is 1. The van der Waals surface area contributed by atoms with E-state index in [4.69, 9.17) is 18.9 Å². The maximum atomic E-state index is 5.35. The Labute approximate surface area is 72.7 Å². The van der Waals surface area contributed by atoms with E-state index in [0.717, 1.165) is 0 Å². The molecule has 12 heavy (non-hydrogen) atoms. The summed E-state index contributed by atoms with van der Waals surface area (Å²) in [5.74, 6) is 0. The van der Waals surface area contributed by atoms with Crippen LogP contribution in [0.25, 0.3) is 0 Å². The van der Waals surface area contributed by atoms with Crippen LogP contribution in [-0.4, -0.2) is 45.9 Å². The lowest BCUT2D eigenvalue weighted by atomic mass is 10.4. The van der Waals surface area contributed by atoms with E-state index in [-0.39, 0.29) is 12.4 Å². The molecule has 0 amide bonds. The van der Waals surface area contributed by atoms with Crippen molar-refractivity contribution in [2.24, 2.45) is 0 Å². The monoisotopic (exact) mass is 176 g/mol. The van der Waals surface area contributed by atoms with Crippen LogP contribution in [0.3, 0.4) is 0 Å². The third-order valence-corrected chi connectivity index (χ3v) is 1.64. The Morgan fingerprint density at radius 2 is 2.25 bits per heavy atom. The Balaban J connectivity index is 1.93. The second-order valence-corrected chi connectivity index (χ2v) is 2.73. The maximum absolute atomic E-state index is 5.35. The van der Waals surface area contributed by atoms with Crippen molar-refractivity contribution >= 4 is 0 Å². The minimum Gasteiger partial charge on any atom is -0.382 e. The molecule has 0 aromatic rings. The largest absolute Gasteiger partial charge is 0.382 e. The van der Waals surface area contributed by atoms with Gasteiger partial charge in [0.15, 0.2) is 6.29 Å². The van der Waals surface area contributed by atoms with E-state index in [0.29, 0.717) is 26.4 Å². The maximum Gasteiger partial charge on any atom is 0.155 e. The minimum atomic E-state index is -0.0824. The summed E-state index contributed by atoms with van der Waals surface area (Å²) in [5.41, 5.74) is 0. The molecule has 1 aliphatic rings. The van der Waals surface area contributed by atoms with E-state index in [9.17, 15) is 0 Å². The summed E-state index contributed by atoms with van der Waals surface area (Å²) < 4.78 is 20.6. The molecule has 2 unspecified atom stereocenters. The van der Waals surface area contributed by atoms with Gasteiger partial charge in [-0.15, -0.1) is 0 Å². The molecular formula is C8H16O4. The Hall–Kier alpha value is -0.160. The molecule has 1 aliphatic heterocycles. The number of hydrogen-bond acceptors (Lipinski definition) is 4. The van der Waals surface area contributed by atoms with Crippen LogP contribution in [0, 0.1) is 0 Å². The molecule has 0 bridgehead atoms. The average molecular weight is 176 g/mol. The van der Waals surface area contributed by atoms with Crippen LogP contribution < -0.4 is 0 Å². The molecule has 4 heteroatoms. The summed E-state index contributed by atoms with van der Waals surface area (Å²) in [6.07, 6.45) is 0.0119. The van der Waals surface area contributed by atoms with Gasteiger partial charge in [-0.2, -0.15) is 0 Å². The molecule has 0 saturated carbocycles. The zero-order valence-electron chi connectivity index (χ0n) is 7.62. The van der Waals surface area contributed by atoms with Crippen molar-refractivity contribution < 1.29 is 18.9 Å². The molecule has 0 aromatic heterocycles. The fourth-order valence-electron chi connectivity index (χ4n) is 1.04. The van der Waals surface area contributed by atoms with Gasteiger partial charge in [-0.3, -0.25) is 0 Å². The fourth-order valence-corrected chi connectivity index (χ4v) is 1.04. The second-order valence-electron chi connectivity index (χ2n) is 2.73. The SMILES string of the molecule is COCCOCC1COC(C)O1. The molecule has 2 atom stereocenters. The van der Waals surface area contributed by atoms with Crippen LogP contribution in [0.2, 0.25) is 0 Å². The minimum absolute atomic E-state index is 0.0824. The summed E-state index contributed by atoms with van der Waals surface area (Å²) in [7, 11) is 1.65. The molecule has 1 rings (SSSR count). The highest BCUT2D eigenvalue weighted by Crippen LogP contribution is 2.10. The van der Waals surface area contributed by atoms with Crippen LogP contribution in [0.15, 0.2) is 0 Å². The average Bonchev–Trinajstić information content (AvgIpc) is 2.45. The zero-order valence-corrected chi connectivity index (χ0v) is 7.62. The summed E-state index contributed by atoms with van der Waals surface area (Å²) in [4.78, 5) is 0. The molecule has 0 spiro atoms. The van der Waals surface area contributed by atoms with Crippen molar-refractivity contribution in [3.8, 4) is 0 Å². The van der Waals surface area contributed by atoms with Crippen LogP contribution >= 0.6 is 0 Å². The van der Waals surface area contributed by atoms with E-state index in [1.165, 1.54) is 0 Å². The Bertz CT molecular complexity index is 118. The standard InChI is InChI=1S/C8H16O4/c1-7-11-6-8(12-7)5-10-4-3-9-2/h7-8H,3-6H2,1-2H3. The third-order valence-electron chi connectivity index (χ3n) is 1.64. The molecule has 1 saturated heterocycles. The van der Waals surface area contributed by atoms with E-state index in [1.807, 2.05) is 6.92 Å². The van der Waals surface area contributed by atoms with Gasteiger partial charge in [0.05, 0.1) is 26.4 Å². The third kappa shape index (κ3) is 3.49. The first-order chi connectivity index (χ1) is 5.83. The van der Waals surface area contributed by atoms with Crippen molar-refractivity contribution in [2.45, 2.75) is 19.3 Å². The van der Waals surface area contributed by atoms with Gasteiger partial charge < -0.3 is 18.9 Å². The van der Waals surface area contributed by atoms with Gasteiger partial charge in [0.2, 0.25) is 0 Å². The van der Waals surface area contributed by atoms with Crippen molar-refractivity contribution in [3.63, 3.8) is 0 Å². The van der Waals surface area contributed by atoms with Crippen LogP contribution in [0.5, 0.6) is 0 Å². The van der Waals surface area contributed by atoms with E-state index in [1.54, 1.807) is 7.11 Å². The van der Waals surface area contributed by atoms with Gasteiger partial charge in [-0.05, 0) is 6.92 Å². The molecule has 0 N–H and O–H groups in total. The highest BCUT2D eigenvalue weighted by Gasteiger charge is 2.21. The number of rotatable bonds is 5. The molecule has 0 radical (unpaired) electrons. The summed E-state index contributed by atoms with van der Waals surface area (Å²) in [6.45, 7) is 4.35. The second kappa shape index (κ2) is 5.48. The van der Waals surface area contributed by atoms with Crippen LogP contribution in [-0.2, 0) is 18.9 Å². The first kappa shape index (κ1) is 9.92. The normalized spacial score (nSPS) is 29.5. The number of hydrogen-bond donors (Lipinski definition) is 0. The van der Waals surface area contributed by atoms with Crippen molar-refractivity contribution in [1.29, 1.82) is 0 Å². The Kier molecular flexibility index (Phi) is 4.53. The van der Waals surface area contributed by atoms with Crippen molar-refractivity contribution in [3.05, 3.63) is 0 Å². The number of ether oxygens (including phenoxy) is 4. The van der Waals surface area contributed by atoms with Gasteiger partial charge in [0.25, 0.3) is 0 Å². The quantitative estimate of drug-likeness (QED) is 0.568. The highest BCUT2D eigenvalue weighted by molar-refractivity contribution is 4.61. The lowest BCUT2D eigenvalue weighted by molar-refractivity contribution is -0.0609. The Morgan fingerprint density at radius 3 is 2.83 bits per heavy atom. The van der Waals surface area contributed by atoms with Gasteiger partial charge >= 0.3 is 0 Å². The molecule has 0 aromatic carbocycles. The molecule has 0 aliphatic carbocycles. The summed E-state index contributed by atoms with van der Waals surface area (Å²) in [5, 5.41) is 0. The zero-order chi connectivity index (χ0) is 8.81. The molecule has 1 heterocycles.